The van der Waals surface area contributed by atoms with Gasteiger partial charge in [-0.05, 0) is 19.1 Å². The lowest BCUT2D eigenvalue weighted by Crippen LogP contribution is -2.54. The van der Waals surface area contributed by atoms with Gasteiger partial charge < -0.3 is 24.8 Å². The van der Waals surface area contributed by atoms with Gasteiger partial charge in [0.1, 0.15) is 11.4 Å². The van der Waals surface area contributed by atoms with Gasteiger partial charge in [-0.15, -0.1) is 11.3 Å². The average molecular weight is 473 g/mol. The Balaban J connectivity index is 1.22. The number of para-hydroxylation sites is 2. The van der Waals surface area contributed by atoms with E-state index in [-0.39, 0.29) is 11.8 Å². The summed E-state index contributed by atoms with van der Waals surface area (Å²) in [6, 6.07) is 8.00. The van der Waals surface area contributed by atoms with Gasteiger partial charge in [-0.2, -0.15) is 0 Å². The lowest BCUT2D eigenvalue weighted by atomic mass is 10.2. The summed E-state index contributed by atoms with van der Waals surface area (Å²) in [4.78, 5) is 38.2. The molecule has 2 fully saturated rings. The number of methoxy groups -OCH3 is 1. The van der Waals surface area contributed by atoms with Gasteiger partial charge in [0, 0.05) is 64.3 Å². The number of thiazole rings is 1. The molecule has 178 valence electrons. The SMILES string of the molecule is CCNc1nc(C(=O)N2CCN(CC(=O)N3CCN(c4ccccc4OC)CC3)CC2)cs1. The summed E-state index contributed by atoms with van der Waals surface area (Å²) in [5.74, 6) is 0.985. The minimum Gasteiger partial charge on any atom is -0.495 e. The number of hydrogen-bond acceptors (Lipinski definition) is 8. The minimum absolute atomic E-state index is 0.0335. The summed E-state index contributed by atoms with van der Waals surface area (Å²) < 4.78 is 5.48. The Labute approximate surface area is 198 Å². The van der Waals surface area contributed by atoms with E-state index in [0.29, 0.717) is 51.5 Å². The molecule has 1 aromatic carbocycles. The Bertz CT molecular complexity index is 951. The number of aromatic nitrogens is 1. The Morgan fingerprint density at radius 3 is 2.42 bits per heavy atom. The predicted molar refractivity (Wildman–Crippen MR) is 130 cm³/mol. The molecule has 10 heteroatoms. The number of anilines is 2. The Hall–Kier alpha value is -2.85. The number of ether oxygens (including phenoxy) is 1. The maximum Gasteiger partial charge on any atom is 0.273 e. The van der Waals surface area contributed by atoms with Crippen LogP contribution in [0.25, 0.3) is 0 Å². The molecule has 1 N–H and O–H groups in total. The summed E-state index contributed by atoms with van der Waals surface area (Å²) >= 11 is 1.45. The van der Waals surface area contributed by atoms with E-state index in [2.05, 4.69) is 26.2 Å². The van der Waals surface area contributed by atoms with Gasteiger partial charge in [-0.3, -0.25) is 14.5 Å². The molecule has 0 bridgehead atoms. The molecule has 2 amide bonds. The Morgan fingerprint density at radius 1 is 1.03 bits per heavy atom. The van der Waals surface area contributed by atoms with Crippen molar-refractivity contribution in [2.24, 2.45) is 0 Å². The first-order valence-corrected chi connectivity index (χ1v) is 12.3. The maximum absolute atomic E-state index is 12.9. The van der Waals surface area contributed by atoms with E-state index in [4.69, 9.17) is 4.74 Å². The van der Waals surface area contributed by atoms with Gasteiger partial charge in [-0.25, -0.2) is 4.98 Å². The van der Waals surface area contributed by atoms with Crippen molar-refractivity contribution in [1.29, 1.82) is 0 Å². The second-order valence-corrected chi connectivity index (χ2v) is 9.03. The number of carbonyl (C=O) groups is 2. The van der Waals surface area contributed by atoms with E-state index in [1.165, 1.54) is 11.3 Å². The second kappa shape index (κ2) is 10.8. The Morgan fingerprint density at radius 2 is 1.73 bits per heavy atom. The van der Waals surface area contributed by atoms with Crippen molar-refractivity contribution >= 4 is 34.0 Å². The van der Waals surface area contributed by atoms with Gasteiger partial charge in [0.15, 0.2) is 5.13 Å². The Kier molecular flexibility index (Phi) is 7.66. The summed E-state index contributed by atoms with van der Waals surface area (Å²) in [5, 5.41) is 5.72. The highest BCUT2D eigenvalue weighted by atomic mass is 32.1. The molecule has 0 aliphatic carbocycles. The van der Waals surface area contributed by atoms with Crippen molar-refractivity contribution < 1.29 is 14.3 Å². The molecule has 4 rings (SSSR count). The van der Waals surface area contributed by atoms with Crippen molar-refractivity contribution in [3.8, 4) is 5.75 Å². The molecule has 2 saturated heterocycles. The molecule has 2 aliphatic rings. The van der Waals surface area contributed by atoms with Crippen LogP contribution in [0.2, 0.25) is 0 Å². The van der Waals surface area contributed by atoms with Gasteiger partial charge in [0.2, 0.25) is 5.91 Å². The predicted octanol–water partition coefficient (Wildman–Crippen LogP) is 1.69. The average Bonchev–Trinajstić information content (AvgIpc) is 3.33. The number of rotatable bonds is 7. The second-order valence-electron chi connectivity index (χ2n) is 8.18. The molecule has 0 saturated carbocycles. The van der Waals surface area contributed by atoms with Crippen molar-refractivity contribution in [1.82, 2.24) is 19.7 Å². The molecule has 33 heavy (non-hydrogen) atoms. The van der Waals surface area contributed by atoms with Crippen molar-refractivity contribution in [2.75, 3.05) is 82.8 Å². The van der Waals surface area contributed by atoms with E-state index >= 15 is 0 Å². The van der Waals surface area contributed by atoms with E-state index in [9.17, 15) is 9.59 Å². The van der Waals surface area contributed by atoms with Gasteiger partial charge in [0.25, 0.3) is 5.91 Å². The normalized spacial score (nSPS) is 17.2. The van der Waals surface area contributed by atoms with Crippen LogP contribution in [0.15, 0.2) is 29.6 Å². The first kappa shape index (κ1) is 23.3. The molecule has 0 radical (unpaired) electrons. The molecular formula is C23H32N6O3S. The lowest BCUT2D eigenvalue weighted by molar-refractivity contribution is -0.133. The maximum atomic E-state index is 12.9. The van der Waals surface area contributed by atoms with Gasteiger partial charge in [-0.1, -0.05) is 12.1 Å². The molecule has 0 atom stereocenters. The molecule has 9 nitrogen and oxygen atoms in total. The number of carbonyl (C=O) groups excluding carboxylic acids is 2. The van der Waals surface area contributed by atoms with Crippen LogP contribution in [-0.2, 0) is 4.79 Å². The zero-order valence-corrected chi connectivity index (χ0v) is 20.1. The largest absolute Gasteiger partial charge is 0.495 e. The number of hydrogen-bond donors (Lipinski definition) is 1. The molecule has 1 aromatic heterocycles. The summed E-state index contributed by atoms with van der Waals surface area (Å²) in [7, 11) is 1.68. The molecule has 0 unspecified atom stereocenters. The number of piperazine rings is 2. The van der Waals surface area contributed by atoms with Crippen LogP contribution in [-0.4, -0.2) is 104 Å². The van der Waals surface area contributed by atoms with Crippen LogP contribution >= 0.6 is 11.3 Å². The third-order valence-corrected chi connectivity index (χ3v) is 6.93. The third-order valence-electron chi connectivity index (χ3n) is 6.13. The minimum atomic E-state index is -0.0335. The monoisotopic (exact) mass is 472 g/mol. The van der Waals surface area contributed by atoms with Crippen molar-refractivity contribution in [3.63, 3.8) is 0 Å². The molecule has 2 aliphatic heterocycles. The van der Waals surface area contributed by atoms with Gasteiger partial charge in [0.05, 0.1) is 19.3 Å². The molecule has 0 spiro atoms. The fraction of sp³-hybridized carbons (Fsp3) is 0.522. The van der Waals surface area contributed by atoms with E-state index in [0.717, 1.165) is 36.2 Å². The number of nitrogens with zero attached hydrogens (tertiary/aromatic N) is 5. The van der Waals surface area contributed by atoms with Crippen molar-refractivity contribution in [2.45, 2.75) is 6.92 Å². The highest BCUT2D eigenvalue weighted by Crippen LogP contribution is 2.28. The van der Waals surface area contributed by atoms with E-state index in [1.807, 2.05) is 34.9 Å². The van der Waals surface area contributed by atoms with Crippen LogP contribution < -0.4 is 15.0 Å². The zero-order valence-electron chi connectivity index (χ0n) is 19.3. The summed E-state index contributed by atoms with van der Waals surface area (Å²) in [6.07, 6.45) is 0. The lowest BCUT2D eigenvalue weighted by Gasteiger charge is -2.38. The highest BCUT2D eigenvalue weighted by molar-refractivity contribution is 7.13. The number of nitrogens with one attached hydrogen (secondary N) is 1. The molecule has 3 heterocycles. The fourth-order valence-corrected chi connectivity index (χ4v) is 5.01. The first-order chi connectivity index (χ1) is 16.1. The number of benzene rings is 1. The van der Waals surface area contributed by atoms with Crippen LogP contribution in [0, 0.1) is 0 Å². The molecule has 2 aromatic rings. The standard InChI is InChI=1S/C23H32N6O3S/c1-3-24-23-25-18(17-33-23)22(31)29-10-8-26(9-11-29)16-21(30)28-14-12-27(13-15-28)19-6-4-5-7-20(19)32-2/h4-7,17H,3,8-16H2,1-2H3,(H,24,25). The topological polar surface area (TPSA) is 81.2 Å². The fourth-order valence-electron chi connectivity index (χ4n) is 4.25. The third kappa shape index (κ3) is 5.56. The summed E-state index contributed by atoms with van der Waals surface area (Å²) in [5.41, 5.74) is 1.57. The van der Waals surface area contributed by atoms with Crippen molar-refractivity contribution in [3.05, 3.63) is 35.3 Å². The van der Waals surface area contributed by atoms with Crippen LogP contribution in [0.5, 0.6) is 5.75 Å². The quantitative estimate of drug-likeness (QED) is 0.657. The highest BCUT2D eigenvalue weighted by Gasteiger charge is 2.28. The zero-order chi connectivity index (χ0) is 23.2. The molecular weight excluding hydrogens is 440 g/mol. The first-order valence-electron chi connectivity index (χ1n) is 11.5. The van der Waals surface area contributed by atoms with Crippen LogP contribution in [0.4, 0.5) is 10.8 Å². The van der Waals surface area contributed by atoms with E-state index < -0.39 is 0 Å². The summed E-state index contributed by atoms with van der Waals surface area (Å²) in [6.45, 7) is 8.79. The van der Waals surface area contributed by atoms with E-state index in [1.54, 1.807) is 12.5 Å². The smallest absolute Gasteiger partial charge is 0.273 e. The van der Waals surface area contributed by atoms with Crippen LogP contribution in [0.3, 0.4) is 0 Å². The number of amides is 2. The van der Waals surface area contributed by atoms with Crippen LogP contribution in [0.1, 0.15) is 17.4 Å². The van der Waals surface area contributed by atoms with Gasteiger partial charge >= 0.3 is 0 Å².